The van der Waals surface area contributed by atoms with E-state index in [4.69, 9.17) is 5.73 Å². The molecule has 0 aliphatic carbocycles. The zero-order valence-corrected chi connectivity index (χ0v) is 11.2. The second-order valence-electron chi connectivity index (χ2n) is 4.34. The van der Waals surface area contributed by atoms with E-state index in [0.29, 0.717) is 17.0 Å². The molecular formula is C11H15NO3S2. The van der Waals surface area contributed by atoms with Gasteiger partial charge in [0.1, 0.15) is 0 Å². The Morgan fingerprint density at radius 1 is 1.41 bits per heavy atom. The molecule has 2 N–H and O–H groups in total. The van der Waals surface area contributed by atoms with E-state index in [1.54, 1.807) is 18.2 Å². The summed E-state index contributed by atoms with van der Waals surface area (Å²) in [4.78, 5) is 0.666. The molecule has 1 aliphatic heterocycles. The number of nitrogen functional groups attached to an aromatic ring is 1. The van der Waals surface area contributed by atoms with Gasteiger partial charge in [-0.05, 0) is 37.1 Å². The topological polar surface area (TPSA) is 77.2 Å². The molecule has 0 saturated carbocycles. The normalized spacial score (nSPS) is 24.6. The Balaban J connectivity index is 2.23. The minimum atomic E-state index is -2.98. The fraction of sp³-hybridized carbons (Fsp3) is 0.455. The molecule has 0 amide bonds. The number of benzene rings is 1. The van der Waals surface area contributed by atoms with Gasteiger partial charge < -0.3 is 5.73 Å². The lowest BCUT2D eigenvalue weighted by atomic mass is 10.2. The van der Waals surface area contributed by atoms with E-state index in [2.05, 4.69) is 0 Å². The fourth-order valence-electron chi connectivity index (χ4n) is 1.90. The van der Waals surface area contributed by atoms with Crippen LogP contribution in [0.25, 0.3) is 0 Å². The molecule has 1 fully saturated rings. The number of nitrogens with two attached hydrogens (primary N) is 1. The van der Waals surface area contributed by atoms with Crippen molar-refractivity contribution in [3.63, 3.8) is 0 Å². The summed E-state index contributed by atoms with van der Waals surface area (Å²) in [5, 5.41) is -0.275. The number of rotatable bonds is 2. The van der Waals surface area contributed by atoms with Crippen molar-refractivity contribution in [2.45, 2.75) is 23.5 Å². The Kier molecular flexibility index (Phi) is 3.27. The molecule has 0 spiro atoms. The van der Waals surface area contributed by atoms with Gasteiger partial charge in [-0.2, -0.15) is 0 Å². The Hall–Kier alpha value is -0.880. The number of aryl methyl sites for hydroxylation is 1. The van der Waals surface area contributed by atoms with Crippen LogP contribution in [0.5, 0.6) is 0 Å². The third-order valence-electron chi connectivity index (χ3n) is 2.97. The van der Waals surface area contributed by atoms with Crippen molar-refractivity contribution in [3.8, 4) is 0 Å². The van der Waals surface area contributed by atoms with Crippen LogP contribution < -0.4 is 5.73 Å². The molecule has 1 aromatic carbocycles. The van der Waals surface area contributed by atoms with Gasteiger partial charge in [-0.25, -0.2) is 8.42 Å². The van der Waals surface area contributed by atoms with Crippen molar-refractivity contribution in [1.82, 2.24) is 0 Å². The molecule has 94 valence electrons. The average molecular weight is 273 g/mol. The summed E-state index contributed by atoms with van der Waals surface area (Å²) in [7, 11) is -4.24. The van der Waals surface area contributed by atoms with Gasteiger partial charge in [-0.15, -0.1) is 0 Å². The van der Waals surface area contributed by atoms with Crippen LogP contribution in [0, 0.1) is 6.92 Å². The van der Waals surface area contributed by atoms with Crippen LogP contribution in [0.3, 0.4) is 0 Å². The minimum absolute atomic E-state index is 0.0308. The smallest absolute Gasteiger partial charge is 0.151 e. The standard InChI is InChI=1S/C11H15NO3S2/c1-8-6-9(2-3-11(8)12)16(13)10-4-5-17(14,15)7-10/h2-3,6,10H,4-5,7,12H2,1H3. The molecule has 1 heterocycles. The van der Waals surface area contributed by atoms with Crippen molar-refractivity contribution < 1.29 is 12.6 Å². The Morgan fingerprint density at radius 3 is 2.65 bits per heavy atom. The maximum Gasteiger partial charge on any atom is 0.151 e. The molecule has 0 bridgehead atoms. The van der Waals surface area contributed by atoms with Gasteiger partial charge >= 0.3 is 0 Å². The fourth-order valence-corrected chi connectivity index (χ4v) is 5.92. The van der Waals surface area contributed by atoms with E-state index in [-0.39, 0.29) is 16.8 Å². The van der Waals surface area contributed by atoms with E-state index in [1.165, 1.54) is 0 Å². The highest BCUT2D eigenvalue weighted by atomic mass is 32.2. The van der Waals surface area contributed by atoms with Gasteiger partial charge in [0.05, 0.1) is 27.6 Å². The zero-order valence-electron chi connectivity index (χ0n) is 9.55. The monoisotopic (exact) mass is 273 g/mol. The van der Waals surface area contributed by atoms with Crippen LogP contribution in [0.1, 0.15) is 12.0 Å². The Morgan fingerprint density at radius 2 is 2.12 bits per heavy atom. The highest BCUT2D eigenvalue weighted by Gasteiger charge is 2.32. The van der Waals surface area contributed by atoms with E-state index in [9.17, 15) is 12.6 Å². The molecule has 2 atom stereocenters. The van der Waals surface area contributed by atoms with Gasteiger partial charge in [-0.1, -0.05) is 0 Å². The first-order valence-corrected chi connectivity index (χ1v) is 8.39. The third-order valence-corrected chi connectivity index (χ3v) is 6.67. The maximum atomic E-state index is 12.2. The second kappa shape index (κ2) is 4.42. The predicted octanol–water partition coefficient (Wildman–Crippen LogP) is 0.872. The molecular weight excluding hydrogens is 258 g/mol. The highest BCUT2D eigenvalue weighted by molar-refractivity contribution is 7.94. The van der Waals surface area contributed by atoms with Crippen LogP contribution in [0.15, 0.2) is 23.1 Å². The summed E-state index contributed by atoms with van der Waals surface area (Å²) in [6, 6.07) is 5.20. The van der Waals surface area contributed by atoms with Crippen molar-refractivity contribution in [3.05, 3.63) is 23.8 Å². The summed E-state index contributed by atoms with van der Waals surface area (Å²) in [6.07, 6.45) is 0.484. The predicted molar refractivity (Wildman–Crippen MR) is 69.1 cm³/mol. The first-order chi connectivity index (χ1) is 7.89. The van der Waals surface area contributed by atoms with Gasteiger partial charge in [0.15, 0.2) is 9.84 Å². The first kappa shape index (κ1) is 12.6. The molecule has 1 aromatic rings. The average Bonchev–Trinajstić information content (AvgIpc) is 2.62. The second-order valence-corrected chi connectivity index (χ2v) is 8.30. The summed E-state index contributed by atoms with van der Waals surface area (Å²) in [5.41, 5.74) is 7.22. The van der Waals surface area contributed by atoms with Crippen molar-refractivity contribution in [2.24, 2.45) is 0 Å². The number of hydrogen-bond donors (Lipinski definition) is 1. The van der Waals surface area contributed by atoms with Crippen LogP contribution in [0.4, 0.5) is 5.69 Å². The lowest BCUT2D eigenvalue weighted by Crippen LogP contribution is -2.17. The first-order valence-electron chi connectivity index (χ1n) is 5.36. The molecule has 0 aromatic heterocycles. The van der Waals surface area contributed by atoms with E-state index < -0.39 is 20.6 Å². The SMILES string of the molecule is Cc1cc(S(=O)C2CCS(=O)(=O)C2)ccc1N. The molecule has 6 heteroatoms. The lowest BCUT2D eigenvalue weighted by molar-refractivity contribution is 0.602. The summed E-state index contributed by atoms with van der Waals surface area (Å²) in [6.45, 7) is 1.85. The molecule has 2 unspecified atom stereocenters. The maximum absolute atomic E-state index is 12.2. The minimum Gasteiger partial charge on any atom is -0.399 e. The van der Waals surface area contributed by atoms with Crippen molar-refractivity contribution in [2.75, 3.05) is 17.2 Å². The molecule has 1 aliphatic rings. The van der Waals surface area contributed by atoms with Gasteiger partial charge in [-0.3, -0.25) is 4.21 Å². The molecule has 2 rings (SSSR count). The third kappa shape index (κ3) is 2.69. The quantitative estimate of drug-likeness (QED) is 0.811. The van der Waals surface area contributed by atoms with E-state index in [1.807, 2.05) is 6.92 Å². The van der Waals surface area contributed by atoms with Crippen LogP contribution in [-0.2, 0) is 20.6 Å². The molecule has 4 nitrogen and oxygen atoms in total. The van der Waals surface area contributed by atoms with Gasteiger partial charge in [0, 0.05) is 10.6 Å². The Labute approximate surface area is 104 Å². The van der Waals surface area contributed by atoms with Gasteiger partial charge in [0.2, 0.25) is 0 Å². The highest BCUT2D eigenvalue weighted by Crippen LogP contribution is 2.24. The van der Waals surface area contributed by atoms with Gasteiger partial charge in [0.25, 0.3) is 0 Å². The largest absolute Gasteiger partial charge is 0.399 e. The number of anilines is 1. The zero-order chi connectivity index (χ0) is 12.6. The molecule has 17 heavy (non-hydrogen) atoms. The summed E-state index contributed by atoms with van der Waals surface area (Å²) in [5.74, 6) is 0.181. The van der Waals surface area contributed by atoms with Crippen molar-refractivity contribution >= 4 is 26.3 Å². The Bertz CT molecular complexity index is 566. The van der Waals surface area contributed by atoms with Crippen LogP contribution in [0.2, 0.25) is 0 Å². The molecule has 0 radical (unpaired) electrons. The van der Waals surface area contributed by atoms with E-state index >= 15 is 0 Å². The summed E-state index contributed by atoms with van der Waals surface area (Å²) < 4.78 is 34.9. The number of sulfone groups is 1. The van der Waals surface area contributed by atoms with E-state index in [0.717, 1.165) is 5.56 Å². The lowest BCUT2D eigenvalue weighted by Gasteiger charge is -2.09. The van der Waals surface area contributed by atoms with Crippen LogP contribution >= 0.6 is 0 Å². The number of hydrogen-bond acceptors (Lipinski definition) is 4. The molecule has 1 saturated heterocycles. The van der Waals surface area contributed by atoms with Crippen LogP contribution in [-0.4, -0.2) is 29.4 Å². The summed E-state index contributed by atoms with van der Waals surface area (Å²) >= 11 is 0. The van der Waals surface area contributed by atoms with Crippen molar-refractivity contribution in [1.29, 1.82) is 0 Å².